The van der Waals surface area contributed by atoms with Crippen molar-refractivity contribution in [1.29, 1.82) is 0 Å². The van der Waals surface area contributed by atoms with Gasteiger partial charge < -0.3 is 5.32 Å². The summed E-state index contributed by atoms with van der Waals surface area (Å²) in [4.78, 5) is 1.39. The first-order chi connectivity index (χ1) is 7.18. The van der Waals surface area contributed by atoms with Crippen molar-refractivity contribution in [3.8, 4) is 0 Å². The van der Waals surface area contributed by atoms with Crippen LogP contribution in [0.1, 0.15) is 26.7 Å². The summed E-state index contributed by atoms with van der Waals surface area (Å²) in [5, 5.41) is 4.30. The summed E-state index contributed by atoms with van der Waals surface area (Å²) in [7, 11) is 0. The standard InChI is InChI=1S/C13H19NS/c1-13(2)12(9-6-10-14-13)15-11-7-4-3-5-8-11/h3-5,7-8,12,14H,6,9-10H2,1-2H3. The van der Waals surface area contributed by atoms with Crippen molar-refractivity contribution < 1.29 is 0 Å². The van der Waals surface area contributed by atoms with E-state index < -0.39 is 0 Å². The van der Waals surface area contributed by atoms with E-state index in [0.717, 1.165) is 0 Å². The van der Waals surface area contributed by atoms with Crippen LogP contribution >= 0.6 is 11.8 Å². The molecule has 1 atom stereocenters. The van der Waals surface area contributed by atoms with E-state index in [1.165, 1.54) is 24.3 Å². The van der Waals surface area contributed by atoms with Crippen LogP contribution in [0.3, 0.4) is 0 Å². The van der Waals surface area contributed by atoms with E-state index in [1.807, 2.05) is 11.8 Å². The van der Waals surface area contributed by atoms with Gasteiger partial charge in [0.2, 0.25) is 0 Å². The third-order valence-electron chi connectivity index (χ3n) is 3.05. The lowest BCUT2D eigenvalue weighted by molar-refractivity contribution is 0.315. The molecule has 1 heterocycles. The molecule has 0 aromatic heterocycles. The van der Waals surface area contributed by atoms with Gasteiger partial charge >= 0.3 is 0 Å². The highest BCUT2D eigenvalue weighted by atomic mass is 32.2. The summed E-state index contributed by atoms with van der Waals surface area (Å²) in [6.07, 6.45) is 2.62. The van der Waals surface area contributed by atoms with Gasteiger partial charge in [-0.1, -0.05) is 18.2 Å². The highest BCUT2D eigenvalue weighted by molar-refractivity contribution is 8.00. The molecule has 0 radical (unpaired) electrons. The minimum atomic E-state index is 0.263. The summed E-state index contributed by atoms with van der Waals surface area (Å²) in [5.74, 6) is 0. The SMILES string of the molecule is CC1(C)NCCCC1Sc1ccccc1. The zero-order valence-electron chi connectivity index (χ0n) is 9.49. The van der Waals surface area contributed by atoms with Crippen LogP contribution in [0.5, 0.6) is 0 Å². The van der Waals surface area contributed by atoms with E-state index in [-0.39, 0.29) is 5.54 Å². The highest BCUT2D eigenvalue weighted by Crippen LogP contribution is 2.35. The van der Waals surface area contributed by atoms with Gasteiger partial charge in [-0.3, -0.25) is 0 Å². The third-order valence-corrected chi connectivity index (χ3v) is 4.70. The second-order valence-corrected chi connectivity index (χ2v) is 5.99. The first kappa shape index (κ1) is 11.0. The number of thioether (sulfide) groups is 1. The maximum atomic E-state index is 3.61. The second-order valence-electron chi connectivity index (χ2n) is 4.71. The van der Waals surface area contributed by atoms with Gasteiger partial charge in [-0.05, 0) is 45.4 Å². The Labute approximate surface area is 96.7 Å². The molecule has 82 valence electrons. The number of benzene rings is 1. The molecule has 0 spiro atoms. The molecule has 1 nitrogen and oxygen atoms in total. The van der Waals surface area contributed by atoms with Crippen LogP contribution in [0, 0.1) is 0 Å². The summed E-state index contributed by atoms with van der Waals surface area (Å²) in [6, 6.07) is 10.7. The number of nitrogens with one attached hydrogen (secondary N) is 1. The molecule has 0 aliphatic carbocycles. The summed E-state index contributed by atoms with van der Waals surface area (Å²) < 4.78 is 0. The minimum Gasteiger partial charge on any atom is -0.311 e. The molecule has 0 bridgehead atoms. The first-order valence-electron chi connectivity index (χ1n) is 5.65. The Morgan fingerprint density at radius 1 is 1.27 bits per heavy atom. The predicted molar refractivity (Wildman–Crippen MR) is 67.4 cm³/mol. The van der Waals surface area contributed by atoms with E-state index in [2.05, 4.69) is 49.5 Å². The van der Waals surface area contributed by atoms with Crippen LogP contribution in [0.4, 0.5) is 0 Å². The summed E-state index contributed by atoms with van der Waals surface area (Å²) in [5.41, 5.74) is 0.263. The largest absolute Gasteiger partial charge is 0.311 e. The average Bonchev–Trinajstić information content (AvgIpc) is 2.23. The predicted octanol–water partition coefficient (Wildman–Crippen LogP) is 3.31. The Morgan fingerprint density at radius 3 is 2.67 bits per heavy atom. The molecule has 1 saturated heterocycles. The van der Waals surface area contributed by atoms with Gasteiger partial charge in [0.05, 0.1) is 0 Å². The fraction of sp³-hybridized carbons (Fsp3) is 0.538. The molecule has 1 aliphatic heterocycles. The lowest BCUT2D eigenvalue weighted by Gasteiger charge is -2.39. The fourth-order valence-corrected chi connectivity index (χ4v) is 3.35. The van der Waals surface area contributed by atoms with E-state index in [9.17, 15) is 0 Å². The molecule has 1 N–H and O–H groups in total. The molecule has 15 heavy (non-hydrogen) atoms. The number of piperidine rings is 1. The van der Waals surface area contributed by atoms with Gasteiger partial charge in [0.1, 0.15) is 0 Å². The van der Waals surface area contributed by atoms with E-state index >= 15 is 0 Å². The quantitative estimate of drug-likeness (QED) is 0.822. The van der Waals surface area contributed by atoms with Crippen LogP contribution in [0.2, 0.25) is 0 Å². The Morgan fingerprint density at radius 2 is 2.00 bits per heavy atom. The Kier molecular flexibility index (Phi) is 3.37. The van der Waals surface area contributed by atoms with Crippen molar-refractivity contribution in [2.45, 2.75) is 42.4 Å². The lowest BCUT2D eigenvalue weighted by atomic mass is 9.93. The van der Waals surface area contributed by atoms with Gasteiger partial charge in [0.25, 0.3) is 0 Å². The first-order valence-corrected chi connectivity index (χ1v) is 6.53. The van der Waals surface area contributed by atoms with Crippen LogP contribution in [-0.2, 0) is 0 Å². The van der Waals surface area contributed by atoms with Gasteiger partial charge in [0, 0.05) is 15.7 Å². The molecular weight excluding hydrogens is 202 g/mol. The molecule has 1 aromatic carbocycles. The van der Waals surface area contributed by atoms with Gasteiger partial charge in [-0.25, -0.2) is 0 Å². The normalized spacial score (nSPS) is 25.1. The number of hydrogen-bond acceptors (Lipinski definition) is 2. The van der Waals surface area contributed by atoms with Crippen molar-refractivity contribution in [3.05, 3.63) is 30.3 Å². The van der Waals surface area contributed by atoms with Gasteiger partial charge in [0.15, 0.2) is 0 Å². The summed E-state index contributed by atoms with van der Waals surface area (Å²) >= 11 is 2.01. The highest BCUT2D eigenvalue weighted by Gasteiger charge is 2.32. The average molecular weight is 221 g/mol. The van der Waals surface area contributed by atoms with Crippen LogP contribution in [0.15, 0.2) is 35.2 Å². The van der Waals surface area contributed by atoms with Gasteiger partial charge in [-0.15, -0.1) is 11.8 Å². The van der Waals surface area contributed by atoms with Crippen molar-refractivity contribution in [2.24, 2.45) is 0 Å². The smallest absolute Gasteiger partial charge is 0.0272 e. The minimum absolute atomic E-state index is 0.263. The molecule has 1 fully saturated rings. The van der Waals surface area contributed by atoms with E-state index in [0.29, 0.717) is 5.25 Å². The number of rotatable bonds is 2. The third kappa shape index (κ3) is 2.76. The molecule has 2 rings (SSSR count). The van der Waals surface area contributed by atoms with Crippen molar-refractivity contribution in [2.75, 3.05) is 6.54 Å². The molecule has 1 aliphatic rings. The summed E-state index contributed by atoms with van der Waals surface area (Å²) in [6.45, 7) is 5.79. The zero-order valence-corrected chi connectivity index (χ0v) is 10.3. The van der Waals surface area contributed by atoms with E-state index in [1.54, 1.807) is 0 Å². The van der Waals surface area contributed by atoms with E-state index in [4.69, 9.17) is 0 Å². The zero-order chi connectivity index (χ0) is 10.7. The molecule has 1 unspecified atom stereocenters. The van der Waals surface area contributed by atoms with Crippen molar-refractivity contribution in [3.63, 3.8) is 0 Å². The van der Waals surface area contributed by atoms with Crippen molar-refractivity contribution in [1.82, 2.24) is 5.32 Å². The maximum Gasteiger partial charge on any atom is 0.0272 e. The monoisotopic (exact) mass is 221 g/mol. The molecule has 0 saturated carbocycles. The van der Waals surface area contributed by atoms with Gasteiger partial charge in [-0.2, -0.15) is 0 Å². The number of hydrogen-bond donors (Lipinski definition) is 1. The van der Waals surface area contributed by atoms with Crippen molar-refractivity contribution >= 4 is 11.8 Å². The molecular formula is C13H19NS. The van der Waals surface area contributed by atoms with Crippen LogP contribution in [0.25, 0.3) is 0 Å². The Bertz CT molecular complexity index is 308. The molecule has 0 amide bonds. The Balaban J connectivity index is 2.05. The molecule has 1 aromatic rings. The van der Waals surface area contributed by atoms with Crippen LogP contribution < -0.4 is 5.32 Å². The fourth-order valence-electron chi connectivity index (χ4n) is 2.04. The molecule has 2 heteroatoms. The Hall–Kier alpha value is -0.470. The lowest BCUT2D eigenvalue weighted by Crippen LogP contribution is -2.51. The maximum absolute atomic E-state index is 3.61. The topological polar surface area (TPSA) is 12.0 Å². The van der Waals surface area contributed by atoms with Crippen LogP contribution in [-0.4, -0.2) is 17.3 Å². The second kappa shape index (κ2) is 4.58.